The van der Waals surface area contributed by atoms with Gasteiger partial charge in [0, 0.05) is 24.6 Å². The van der Waals surface area contributed by atoms with Gasteiger partial charge in [-0.15, -0.1) is 0 Å². The number of amides is 2. The van der Waals surface area contributed by atoms with E-state index in [9.17, 15) is 27.2 Å². The smallest absolute Gasteiger partial charge is 0.298 e. The minimum absolute atomic E-state index is 0.0846. The lowest BCUT2D eigenvalue weighted by Crippen LogP contribution is -2.49. The Morgan fingerprint density at radius 1 is 1.06 bits per heavy atom. The predicted octanol–water partition coefficient (Wildman–Crippen LogP) is 6.07. The number of halogens is 1. The first-order chi connectivity index (χ1) is 24.8. The van der Waals surface area contributed by atoms with E-state index in [1.54, 1.807) is 28.5 Å². The standard InChI is InChI=1S/C39H48FN5O6S/c1-25(2)45-31-18-12-16-29(40)34(31)42-37(45)51-28-21-32-33(46)23-39(36(48)43-52(49,50)38(3)19-20-38)22-26(39)13-8-5-4-6-11-17-30(35(47)44(32)24-28)41-27-14-9-7-10-15-27/h7-10,12-16,18,25-26,28,30,32,41H,4-6,11,17,19-24H2,1-3H3,(H,43,48)/b13-8-/t26-,28+,30-,32-,39+/m0/s1. The maximum absolute atomic E-state index is 14.8. The zero-order valence-corrected chi connectivity index (χ0v) is 30.8. The zero-order valence-electron chi connectivity index (χ0n) is 30.0. The predicted molar refractivity (Wildman–Crippen MR) is 196 cm³/mol. The number of nitrogens with zero attached hydrogens (tertiary/aromatic N) is 3. The van der Waals surface area contributed by atoms with E-state index in [1.165, 1.54) is 6.07 Å². The van der Waals surface area contributed by atoms with E-state index >= 15 is 0 Å². The summed E-state index contributed by atoms with van der Waals surface area (Å²) < 4.78 is 50.8. The molecule has 0 bridgehead atoms. The van der Waals surface area contributed by atoms with E-state index in [0.29, 0.717) is 31.2 Å². The lowest BCUT2D eigenvalue weighted by Gasteiger charge is -2.30. The second kappa shape index (κ2) is 13.9. The van der Waals surface area contributed by atoms with Gasteiger partial charge in [0.15, 0.2) is 11.6 Å². The van der Waals surface area contributed by atoms with Crippen molar-refractivity contribution >= 4 is 44.3 Å². The minimum Gasteiger partial charge on any atom is -0.459 e. The number of imidazole rings is 1. The van der Waals surface area contributed by atoms with E-state index in [2.05, 4.69) is 15.0 Å². The van der Waals surface area contributed by atoms with Gasteiger partial charge in [-0.3, -0.25) is 23.7 Å². The molecule has 3 aromatic rings. The van der Waals surface area contributed by atoms with Crippen LogP contribution < -0.4 is 14.8 Å². The van der Waals surface area contributed by atoms with Crippen molar-refractivity contribution in [2.75, 3.05) is 11.9 Å². The Bertz CT molecular complexity index is 1990. The number of carbonyl (C=O) groups excluding carboxylic acids is 3. The number of para-hydroxylation sites is 2. The number of ketones is 1. The highest BCUT2D eigenvalue weighted by Gasteiger charge is 2.62. The van der Waals surface area contributed by atoms with Crippen molar-refractivity contribution in [3.05, 3.63) is 66.5 Å². The van der Waals surface area contributed by atoms with Gasteiger partial charge in [-0.2, -0.15) is 4.98 Å². The van der Waals surface area contributed by atoms with Crippen molar-refractivity contribution in [1.29, 1.82) is 0 Å². The summed E-state index contributed by atoms with van der Waals surface area (Å²) in [6.07, 6.45) is 8.43. The number of ether oxygens (including phenoxy) is 1. The number of hydrogen-bond donors (Lipinski definition) is 2. The number of rotatable bonds is 8. The lowest BCUT2D eigenvalue weighted by molar-refractivity contribution is -0.139. The van der Waals surface area contributed by atoms with Crippen LogP contribution in [0.15, 0.2) is 60.7 Å². The average Bonchev–Trinajstić information content (AvgIpc) is 3.92. The molecular weight excluding hydrogens is 686 g/mol. The third-order valence-corrected chi connectivity index (χ3v) is 13.6. The van der Waals surface area contributed by atoms with Gasteiger partial charge in [0.05, 0.1) is 28.3 Å². The van der Waals surface area contributed by atoms with Crippen LogP contribution in [-0.4, -0.2) is 69.9 Å². The summed E-state index contributed by atoms with van der Waals surface area (Å²) >= 11 is 0. The molecule has 2 aliphatic heterocycles. The summed E-state index contributed by atoms with van der Waals surface area (Å²) in [6, 6.07) is 12.7. The van der Waals surface area contributed by atoms with Crippen LogP contribution in [-0.2, 0) is 24.4 Å². The number of anilines is 1. The van der Waals surface area contributed by atoms with Crippen LogP contribution in [0.3, 0.4) is 0 Å². The molecule has 2 N–H and O–H groups in total. The third-order valence-electron chi connectivity index (χ3n) is 11.4. The van der Waals surface area contributed by atoms with Crippen LogP contribution in [0.4, 0.5) is 10.1 Å². The van der Waals surface area contributed by atoms with Gasteiger partial charge in [-0.25, -0.2) is 12.8 Å². The summed E-state index contributed by atoms with van der Waals surface area (Å²) in [4.78, 5) is 49.1. The van der Waals surface area contributed by atoms with Gasteiger partial charge in [0.1, 0.15) is 17.7 Å². The van der Waals surface area contributed by atoms with Crippen LogP contribution in [0.2, 0.25) is 0 Å². The molecule has 0 radical (unpaired) electrons. The molecule has 0 unspecified atom stereocenters. The van der Waals surface area contributed by atoms with E-state index < -0.39 is 50.1 Å². The summed E-state index contributed by atoms with van der Waals surface area (Å²) in [6.45, 7) is 5.59. The van der Waals surface area contributed by atoms with Crippen molar-refractivity contribution in [3.8, 4) is 6.01 Å². The molecule has 3 heterocycles. The maximum Gasteiger partial charge on any atom is 0.298 e. The summed E-state index contributed by atoms with van der Waals surface area (Å²) in [7, 11) is -3.93. The van der Waals surface area contributed by atoms with Crippen molar-refractivity contribution in [3.63, 3.8) is 0 Å². The number of aromatic nitrogens is 2. The average molecular weight is 734 g/mol. The number of hydrogen-bond acceptors (Lipinski definition) is 8. The van der Waals surface area contributed by atoms with Crippen LogP contribution in [0.5, 0.6) is 6.01 Å². The van der Waals surface area contributed by atoms with E-state index in [4.69, 9.17) is 4.74 Å². The summed E-state index contributed by atoms with van der Waals surface area (Å²) in [5.74, 6) is -2.00. The Balaban J connectivity index is 1.21. The van der Waals surface area contributed by atoms with Gasteiger partial charge < -0.3 is 15.0 Å². The van der Waals surface area contributed by atoms with Crippen LogP contribution >= 0.6 is 0 Å². The lowest BCUT2D eigenvalue weighted by atomic mass is 9.91. The number of Topliss-reactive ketones (excluding diaryl/α,β-unsaturated/α-hetero) is 1. The number of nitrogens with one attached hydrogen (secondary N) is 2. The molecule has 2 aromatic carbocycles. The molecule has 52 heavy (non-hydrogen) atoms. The quantitative estimate of drug-likeness (QED) is 0.266. The summed E-state index contributed by atoms with van der Waals surface area (Å²) in [5, 5.41) is 3.41. The van der Waals surface area contributed by atoms with Crippen LogP contribution in [0.1, 0.15) is 91.0 Å². The molecule has 3 fully saturated rings. The second-order valence-corrected chi connectivity index (χ2v) is 17.8. The monoisotopic (exact) mass is 733 g/mol. The number of fused-ring (bicyclic) bond motifs is 3. The topological polar surface area (TPSA) is 140 Å². The molecule has 4 aliphatic rings. The molecule has 7 rings (SSSR count). The number of sulfonamides is 1. The Labute approximate surface area is 304 Å². The fourth-order valence-electron chi connectivity index (χ4n) is 7.82. The zero-order chi connectivity index (χ0) is 36.8. The number of carbonyl (C=O) groups is 3. The fraction of sp³-hybridized carbons (Fsp3) is 0.538. The van der Waals surface area contributed by atoms with Gasteiger partial charge >= 0.3 is 0 Å². The molecule has 278 valence electrons. The molecule has 5 atom stereocenters. The van der Waals surface area contributed by atoms with E-state index in [1.807, 2.05) is 56.3 Å². The van der Waals surface area contributed by atoms with Gasteiger partial charge in [-0.05, 0) is 89.5 Å². The second-order valence-electron chi connectivity index (χ2n) is 15.6. The molecule has 11 nitrogen and oxygen atoms in total. The normalized spacial score (nSPS) is 28.4. The Hall–Kier alpha value is -4.26. The highest BCUT2D eigenvalue weighted by molar-refractivity contribution is 7.91. The first-order valence-corrected chi connectivity index (χ1v) is 20.0. The largest absolute Gasteiger partial charge is 0.459 e. The third kappa shape index (κ3) is 6.95. The van der Waals surface area contributed by atoms with Gasteiger partial charge in [0.25, 0.3) is 6.01 Å². The van der Waals surface area contributed by atoms with Gasteiger partial charge in [-0.1, -0.05) is 49.3 Å². The Morgan fingerprint density at radius 3 is 2.56 bits per heavy atom. The first-order valence-electron chi connectivity index (χ1n) is 18.5. The van der Waals surface area contributed by atoms with Crippen LogP contribution in [0.25, 0.3) is 11.0 Å². The fourth-order valence-corrected chi connectivity index (χ4v) is 9.15. The molecule has 2 amide bonds. The highest BCUT2D eigenvalue weighted by atomic mass is 32.2. The molecule has 1 aromatic heterocycles. The molecule has 13 heteroatoms. The minimum atomic E-state index is -3.93. The first kappa shape index (κ1) is 36.1. The number of allylic oxidation sites excluding steroid dienone is 2. The van der Waals surface area contributed by atoms with Gasteiger partial charge in [0.2, 0.25) is 21.8 Å². The molecule has 0 spiro atoms. The molecule has 2 aliphatic carbocycles. The molecule has 2 saturated carbocycles. The van der Waals surface area contributed by atoms with Crippen molar-refractivity contribution in [2.45, 2.75) is 114 Å². The Morgan fingerprint density at radius 2 is 1.83 bits per heavy atom. The van der Waals surface area contributed by atoms with Crippen molar-refractivity contribution in [2.24, 2.45) is 11.3 Å². The van der Waals surface area contributed by atoms with Crippen molar-refractivity contribution < 1.29 is 31.9 Å². The van der Waals surface area contributed by atoms with E-state index in [0.717, 1.165) is 31.4 Å². The molecule has 1 saturated heterocycles. The maximum atomic E-state index is 14.8. The highest BCUT2D eigenvalue weighted by Crippen LogP contribution is 2.57. The Kier molecular flexibility index (Phi) is 9.68. The SMILES string of the molecule is CC(C)n1c(O[C@@H]2C[C@H]3C(=O)C[C@]4(C(=O)NS(=O)(=O)C5(C)CC5)C[C@@H]4/C=C\CCCCC[C@H](Nc4ccccc4)C(=O)N3C2)nc2c(F)cccc21. The summed E-state index contributed by atoms with van der Waals surface area (Å²) in [5.41, 5.74) is 0.304. The number of benzene rings is 2. The molecular formula is C39H48FN5O6S. The van der Waals surface area contributed by atoms with Crippen molar-refractivity contribution in [1.82, 2.24) is 19.2 Å². The van der Waals surface area contributed by atoms with E-state index in [-0.39, 0.29) is 54.6 Å². The van der Waals surface area contributed by atoms with Crippen LogP contribution in [0, 0.1) is 17.2 Å².